The molecule has 4 fully saturated rings. The molecule has 3 saturated carbocycles. The minimum Gasteiger partial charge on any atom is -0.508 e. The average molecular weight is 928 g/mol. The van der Waals surface area contributed by atoms with Crippen molar-refractivity contribution in [2.75, 3.05) is 13.1 Å². The van der Waals surface area contributed by atoms with Crippen molar-refractivity contribution in [3.63, 3.8) is 0 Å². The predicted octanol–water partition coefficient (Wildman–Crippen LogP) is 11.6. The lowest BCUT2D eigenvalue weighted by Gasteiger charge is -2.40. The van der Waals surface area contributed by atoms with E-state index in [-0.39, 0.29) is 11.5 Å². The zero-order valence-corrected chi connectivity index (χ0v) is 40.1. The maximum absolute atomic E-state index is 13.4. The minimum atomic E-state index is -0.874. The van der Waals surface area contributed by atoms with Crippen molar-refractivity contribution >= 4 is 11.9 Å². The molecule has 70 heavy (non-hydrogen) atoms. The van der Waals surface area contributed by atoms with Gasteiger partial charge in [0.05, 0.1) is 11.1 Å². The van der Waals surface area contributed by atoms with Crippen LogP contribution in [0.25, 0.3) is 0 Å². The van der Waals surface area contributed by atoms with Crippen LogP contribution in [0.5, 0.6) is 11.5 Å². The maximum Gasteiger partial charge on any atom is 0.339 e. The van der Waals surface area contributed by atoms with Crippen molar-refractivity contribution in [2.24, 2.45) is 29.6 Å². The molecule has 354 valence electrons. The van der Waals surface area contributed by atoms with Gasteiger partial charge in [0.2, 0.25) is 0 Å². The monoisotopic (exact) mass is 927 g/mol. The molecule has 5 aromatic carbocycles. The zero-order chi connectivity index (χ0) is 48.3. The largest absolute Gasteiger partial charge is 0.508 e. The number of phenolic OH excluding ortho intramolecular Hbond substituents is 2. The quantitative estimate of drug-likeness (QED) is 0.115. The first kappa shape index (κ1) is 47.9. The van der Waals surface area contributed by atoms with Gasteiger partial charge in [-0.2, -0.15) is 0 Å². The number of benzene rings is 5. The summed E-state index contributed by atoms with van der Waals surface area (Å²) in [5.74, 6) is 29.3. The van der Waals surface area contributed by atoms with Gasteiger partial charge < -0.3 is 25.0 Å². The Hall–Kier alpha value is -7.16. The number of ether oxygens (including phenoxy) is 2. The Morgan fingerprint density at radius 1 is 0.443 bits per heavy atom. The van der Waals surface area contributed by atoms with Crippen molar-refractivity contribution in [3.8, 4) is 58.9 Å². The van der Waals surface area contributed by atoms with Gasteiger partial charge in [0.15, 0.2) is 11.2 Å². The zero-order valence-electron chi connectivity index (χ0n) is 40.1. The van der Waals surface area contributed by atoms with Gasteiger partial charge in [-0.1, -0.05) is 55.3 Å². The highest BCUT2D eigenvalue weighted by Gasteiger charge is 2.42. The summed E-state index contributed by atoms with van der Waals surface area (Å²) >= 11 is 0. The number of rotatable bonds is 6. The van der Waals surface area contributed by atoms with Gasteiger partial charge >= 0.3 is 11.9 Å². The molecule has 3 aliphatic carbocycles. The SMILES string of the molecule is CC1CCC(C2CCC(C#Cc3ccc(C#Cc4ccc(C#Cc5ccc(C#CC6(OC(=O)c7ccc(O)cc7)CCC(C7CCNC7)CC6)cc5)cc4)cc3)(OC(=O)c3ccc(O)cc3)CC2)CC1. The van der Waals surface area contributed by atoms with Gasteiger partial charge in [0.25, 0.3) is 0 Å². The van der Waals surface area contributed by atoms with Gasteiger partial charge in [0.1, 0.15) is 11.5 Å². The van der Waals surface area contributed by atoms with Gasteiger partial charge in [-0.05, 0) is 246 Å². The molecule has 0 aromatic heterocycles. The van der Waals surface area contributed by atoms with Gasteiger partial charge in [-0.3, -0.25) is 0 Å². The van der Waals surface area contributed by atoms with Crippen LogP contribution >= 0.6 is 0 Å². The molecule has 0 radical (unpaired) electrons. The van der Waals surface area contributed by atoms with Crippen LogP contribution in [0.2, 0.25) is 0 Å². The third-order valence-corrected chi connectivity index (χ3v) is 15.2. The van der Waals surface area contributed by atoms with Gasteiger partial charge in [0, 0.05) is 33.4 Å². The highest BCUT2D eigenvalue weighted by atomic mass is 16.6. The number of aromatic hydroxyl groups is 2. The fraction of sp³-hybridized carbons (Fsp3) is 0.365. The lowest BCUT2D eigenvalue weighted by atomic mass is 9.68. The van der Waals surface area contributed by atoms with Crippen LogP contribution < -0.4 is 5.32 Å². The van der Waals surface area contributed by atoms with E-state index in [1.165, 1.54) is 56.4 Å². The predicted molar refractivity (Wildman–Crippen MR) is 274 cm³/mol. The number of esters is 2. The summed E-state index contributed by atoms with van der Waals surface area (Å²) < 4.78 is 12.5. The van der Waals surface area contributed by atoms with Crippen LogP contribution in [0.1, 0.15) is 144 Å². The summed E-state index contributed by atoms with van der Waals surface area (Å²) in [6.07, 6.45) is 13.1. The van der Waals surface area contributed by atoms with Gasteiger partial charge in [-0.15, -0.1) is 0 Å². The third-order valence-electron chi connectivity index (χ3n) is 15.2. The smallest absolute Gasteiger partial charge is 0.339 e. The van der Waals surface area contributed by atoms with E-state index >= 15 is 0 Å². The molecular formula is C63H61NO6. The van der Waals surface area contributed by atoms with Crippen LogP contribution in [0, 0.1) is 77.0 Å². The number of carbonyl (C=O) groups excluding carboxylic acids is 2. The summed E-state index contributed by atoms with van der Waals surface area (Å²) in [5.41, 5.74) is 4.22. The second-order valence-electron chi connectivity index (χ2n) is 20.0. The number of carbonyl (C=O) groups is 2. The Morgan fingerprint density at radius 3 is 1.11 bits per heavy atom. The summed E-state index contributed by atoms with van der Waals surface area (Å²) in [6.45, 7) is 4.48. The number of hydrogen-bond donors (Lipinski definition) is 3. The second kappa shape index (κ2) is 22.1. The first-order chi connectivity index (χ1) is 34.1. The third kappa shape index (κ3) is 12.5. The lowest BCUT2D eigenvalue weighted by molar-refractivity contribution is -0.0196. The molecular weight excluding hydrogens is 867 g/mol. The van der Waals surface area contributed by atoms with E-state index in [1.807, 2.05) is 72.8 Å². The highest BCUT2D eigenvalue weighted by molar-refractivity contribution is 5.90. The molecule has 1 unspecified atom stereocenters. The maximum atomic E-state index is 13.4. The molecule has 7 heteroatoms. The molecule has 0 spiro atoms. The molecule has 0 amide bonds. The molecule has 9 rings (SSSR count). The van der Waals surface area contributed by atoms with E-state index in [9.17, 15) is 19.8 Å². The lowest BCUT2D eigenvalue weighted by Crippen LogP contribution is -2.39. The van der Waals surface area contributed by atoms with Crippen molar-refractivity contribution in [3.05, 3.63) is 166 Å². The molecule has 3 N–H and O–H groups in total. The Labute approximate surface area is 413 Å². The van der Waals surface area contributed by atoms with Crippen molar-refractivity contribution in [1.82, 2.24) is 5.32 Å². The van der Waals surface area contributed by atoms with Crippen LogP contribution in [0.4, 0.5) is 0 Å². The summed E-state index contributed by atoms with van der Waals surface area (Å²) in [4.78, 5) is 26.6. The normalized spacial score (nSPS) is 24.9. The van der Waals surface area contributed by atoms with E-state index < -0.39 is 23.1 Å². The van der Waals surface area contributed by atoms with Crippen LogP contribution in [-0.4, -0.2) is 46.4 Å². The van der Waals surface area contributed by atoms with E-state index in [1.54, 1.807) is 24.3 Å². The molecule has 1 atom stereocenters. The number of phenols is 2. The molecule has 7 nitrogen and oxygen atoms in total. The van der Waals surface area contributed by atoms with Crippen LogP contribution in [-0.2, 0) is 9.47 Å². The Balaban J connectivity index is 0.812. The standard InChI is InChI=1S/C63H61NO6/c1-45-2-20-52(21-3-45)53-32-39-62(40-33-53,69-60(67)55-22-26-58(65)27-23-55)37-30-50-16-12-48(13-17-50)10-8-46-4-6-47(7-5-46)9-11-49-14-18-51(19-15-49)31-38-63(70-61(68)56-24-28-59(66)29-25-56)41-34-54(35-42-63)57-36-43-64-44-57/h4-7,12-19,22-29,45,52-54,57,64-66H,2-3,20-21,32-36,39-44H2,1H3. The van der Waals surface area contributed by atoms with E-state index in [0.29, 0.717) is 54.6 Å². The van der Waals surface area contributed by atoms with E-state index in [0.717, 1.165) is 84.0 Å². The van der Waals surface area contributed by atoms with Crippen molar-refractivity contribution < 1.29 is 29.3 Å². The second-order valence-corrected chi connectivity index (χ2v) is 20.0. The first-order valence-corrected chi connectivity index (χ1v) is 25.2. The molecule has 1 saturated heterocycles. The van der Waals surface area contributed by atoms with Crippen LogP contribution in [0.3, 0.4) is 0 Å². The van der Waals surface area contributed by atoms with Gasteiger partial charge in [-0.25, -0.2) is 9.59 Å². The summed E-state index contributed by atoms with van der Waals surface area (Å²) in [7, 11) is 0. The Bertz CT molecular complexity index is 2860. The Kier molecular flexibility index (Phi) is 15.1. The molecule has 4 aliphatic rings. The average Bonchev–Trinajstić information content (AvgIpc) is 3.94. The number of hydrogen-bond acceptors (Lipinski definition) is 7. The summed E-state index contributed by atoms with van der Waals surface area (Å²) in [6, 6.07) is 36.0. The topological polar surface area (TPSA) is 105 Å². The van der Waals surface area contributed by atoms with Crippen LogP contribution in [0.15, 0.2) is 121 Å². The molecule has 0 bridgehead atoms. The van der Waals surface area contributed by atoms with E-state index in [2.05, 4.69) is 59.6 Å². The number of nitrogens with one attached hydrogen (secondary N) is 1. The fourth-order valence-corrected chi connectivity index (χ4v) is 10.7. The molecule has 1 heterocycles. The van der Waals surface area contributed by atoms with Crippen molar-refractivity contribution in [1.29, 1.82) is 0 Å². The van der Waals surface area contributed by atoms with Crippen molar-refractivity contribution in [2.45, 2.75) is 102 Å². The fourth-order valence-electron chi connectivity index (χ4n) is 10.7. The summed E-state index contributed by atoms with van der Waals surface area (Å²) in [5, 5.41) is 23.0. The van der Waals surface area contributed by atoms with E-state index in [4.69, 9.17) is 9.47 Å². The Morgan fingerprint density at radius 2 is 0.771 bits per heavy atom. The minimum absolute atomic E-state index is 0.101. The first-order valence-electron chi connectivity index (χ1n) is 25.2. The highest BCUT2D eigenvalue weighted by Crippen LogP contribution is 2.44. The molecule has 1 aliphatic heterocycles. The molecule has 5 aromatic rings.